The maximum Gasteiger partial charge on any atom is 0.118 e. The van der Waals surface area contributed by atoms with E-state index >= 15 is 0 Å². The molecule has 12 heavy (non-hydrogen) atoms. The molecule has 0 saturated carbocycles. The quantitative estimate of drug-likeness (QED) is 0.735. The fourth-order valence-electron chi connectivity index (χ4n) is 1.14. The summed E-state index contributed by atoms with van der Waals surface area (Å²) in [5, 5.41) is 9.20. The minimum Gasteiger partial charge on any atom is -0.508 e. The van der Waals surface area contributed by atoms with Crippen LogP contribution in [0.4, 0.5) is 4.39 Å². The summed E-state index contributed by atoms with van der Waals surface area (Å²) in [5.41, 5.74) is 1.94. The van der Waals surface area contributed by atoms with E-state index in [9.17, 15) is 9.50 Å². The number of aryl methyl sites for hydroxylation is 2. The van der Waals surface area contributed by atoms with Gasteiger partial charge in [-0.25, -0.2) is 0 Å². The van der Waals surface area contributed by atoms with Gasteiger partial charge in [0.1, 0.15) is 5.75 Å². The van der Waals surface area contributed by atoms with Crippen molar-refractivity contribution in [2.24, 2.45) is 0 Å². The number of phenols is 1. The second kappa shape index (κ2) is 4.10. The lowest BCUT2D eigenvalue weighted by molar-refractivity contribution is 0.468. The van der Waals surface area contributed by atoms with E-state index in [0.717, 1.165) is 17.5 Å². The Morgan fingerprint density at radius 2 is 2.17 bits per heavy atom. The highest BCUT2D eigenvalue weighted by Gasteiger charge is 1.97. The molecule has 0 atom stereocenters. The maximum atomic E-state index is 11.8. The lowest BCUT2D eigenvalue weighted by atomic mass is 10.1. The van der Waals surface area contributed by atoms with E-state index in [2.05, 4.69) is 0 Å². The Balaban J connectivity index is 2.69. The van der Waals surface area contributed by atoms with Crippen molar-refractivity contribution < 1.29 is 9.50 Å². The third-order valence-electron chi connectivity index (χ3n) is 1.86. The monoisotopic (exact) mass is 168 g/mol. The predicted octanol–water partition coefficient (Wildman–Crippen LogP) is 2.60. The Bertz CT molecular complexity index is 258. The lowest BCUT2D eigenvalue weighted by Gasteiger charge is -2.02. The molecule has 66 valence electrons. The van der Waals surface area contributed by atoms with E-state index in [1.54, 1.807) is 6.07 Å². The summed E-state index contributed by atoms with van der Waals surface area (Å²) in [7, 11) is 0. The molecule has 0 amide bonds. The van der Waals surface area contributed by atoms with Crippen molar-refractivity contribution >= 4 is 0 Å². The largest absolute Gasteiger partial charge is 0.508 e. The normalized spacial score (nSPS) is 10.2. The third-order valence-corrected chi connectivity index (χ3v) is 1.86. The third kappa shape index (κ3) is 2.22. The number of rotatable bonds is 3. The molecule has 1 aromatic rings. The maximum absolute atomic E-state index is 11.8. The summed E-state index contributed by atoms with van der Waals surface area (Å²) in [5.74, 6) is 0.305. The van der Waals surface area contributed by atoms with Gasteiger partial charge in [-0.3, -0.25) is 4.39 Å². The van der Waals surface area contributed by atoms with Gasteiger partial charge in [-0.1, -0.05) is 12.1 Å². The molecular weight excluding hydrogens is 155 g/mol. The second-order valence-electron chi connectivity index (χ2n) is 2.91. The van der Waals surface area contributed by atoms with Gasteiger partial charge in [-0.15, -0.1) is 0 Å². The Morgan fingerprint density at radius 1 is 1.42 bits per heavy atom. The fourth-order valence-corrected chi connectivity index (χ4v) is 1.14. The van der Waals surface area contributed by atoms with Crippen LogP contribution in [0.3, 0.4) is 0 Å². The van der Waals surface area contributed by atoms with Gasteiger partial charge in [-0.2, -0.15) is 0 Å². The van der Waals surface area contributed by atoms with Crippen LogP contribution in [0, 0.1) is 6.92 Å². The van der Waals surface area contributed by atoms with E-state index in [4.69, 9.17) is 0 Å². The van der Waals surface area contributed by atoms with Crippen molar-refractivity contribution in [3.05, 3.63) is 29.3 Å². The van der Waals surface area contributed by atoms with E-state index in [-0.39, 0.29) is 6.67 Å². The topological polar surface area (TPSA) is 20.2 Å². The summed E-state index contributed by atoms with van der Waals surface area (Å²) in [6.45, 7) is 1.56. The molecule has 0 heterocycles. The number of hydrogen-bond acceptors (Lipinski definition) is 1. The zero-order chi connectivity index (χ0) is 8.97. The predicted molar refractivity (Wildman–Crippen MR) is 47.1 cm³/mol. The first-order chi connectivity index (χ1) is 5.74. The standard InChI is InChI=1S/C10H13FO/c1-8-7-9(3-2-6-11)4-5-10(8)12/h4-5,7,12H,2-3,6H2,1H3. The highest BCUT2D eigenvalue weighted by atomic mass is 19.1. The van der Waals surface area contributed by atoms with Crippen LogP contribution in [0.25, 0.3) is 0 Å². The Labute approximate surface area is 71.9 Å². The molecule has 0 unspecified atom stereocenters. The average molecular weight is 168 g/mol. The van der Waals surface area contributed by atoms with Crippen LogP contribution < -0.4 is 0 Å². The minimum absolute atomic E-state index is 0.278. The zero-order valence-electron chi connectivity index (χ0n) is 7.18. The van der Waals surface area contributed by atoms with Crippen molar-refractivity contribution in [2.45, 2.75) is 19.8 Å². The highest BCUT2D eigenvalue weighted by molar-refractivity contribution is 5.34. The molecule has 0 radical (unpaired) electrons. The van der Waals surface area contributed by atoms with Gasteiger partial charge in [0.25, 0.3) is 0 Å². The fraction of sp³-hybridized carbons (Fsp3) is 0.400. The molecule has 2 heteroatoms. The number of alkyl halides is 1. The molecular formula is C10H13FO. The summed E-state index contributed by atoms with van der Waals surface area (Å²) in [6.07, 6.45) is 1.31. The molecule has 0 fully saturated rings. The van der Waals surface area contributed by atoms with E-state index in [1.165, 1.54) is 0 Å². The average Bonchev–Trinajstić information content (AvgIpc) is 2.07. The molecule has 0 aliphatic heterocycles. The van der Waals surface area contributed by atoms with Crippen LogP contribution in [0.5, 0.6) is 5.75 Å². The van der Waals surface area contributed by atoms with E-state index in [1.807, 2.05) is 19.1 Å². The Morgan fingerprint density at radius 3 is 2.75 bits per heavy atom. The van der Waals surface area contributed by atoms with Gasteiger partial charge < -0.3 is 5.11 Å². The van der Waals surface area contributed by atoms with Crippen molar-refractivity contribution in [3.63, 3.8) is 0 Å². The summed E-state index contributed by atoms with van der Waals surface area (Å²) in [6, 6.07) is 5.38. The molecule has 0 aliphatic rings. The van der Waals surface area contributed by atoms with Crippen LogP contribution in [-0.4, -0.2) is 11.8 Å². The van der Waals surface area contributed by atoms with Crippen LogP contribution in [0.1, 0.15) is 17.5 Å². The first-order valence-corrected chi connectivity index (χ1v) is 4.08. The van der Waals surface area contributed by atoms with Crippen molar-refractivity contribution in [1.29, 1.82) is 0 Å². The van der Waals surface area contributed by atoms with Gasteiger partial charge >= 0.3 is 0 Å². The number of halogens is 1. The van der Waals surface area contributed by atoms with Gasteiger partial charge in [-0.05, 0) is 37.0 Å². The number of benzene rings is 1. The van der Waals surface area contributed by atoms with Gasteiger partial charge in [0.2, 0.25) is 0 Å². The summed E-state index contributed by atoms with van der Waals surface area (Å²) < 4.78 is 11.8. The highest BCUT2D eigenvalue weighted by Crippen LogP contribution is 2.17. The van der Waals surface area contributed by atoms with Crippen molar-refractivity contribution in [3.8, 4) is 5.75 Å². The molecule has 0 bridgehead atoms. The minimum atomic E-state index is -0.278. The SMILES string of the molecule is Cc1cc(CCCF)ccc1O. The van der Waals surface area contributed by atoms with E-state index in [0.29, 0.717) is 12.2 Å². The molecule has 0 saturated heterocycles. The number of phenolic OH excluding ortho intramolecular Hbond substituents is 1. The van der Waals surface area contributed by atoms with E-state index < -0.39 is 0 Å². The van der Waals surface area contributed by atoms with Crippen LogP contribution >= 0.6 is 0 Å². The molecule has 0 aromatic heterocycles. The number of aromatic hydroxyl groups is 1. The number of hydrogen-bond donors (Lipinski definition) is 1. The lowest BCUT2D eigenvalue weighted by Crippen LogP contribution is -1.87. The summed E-state index contributed by atoms with van der Waals surface area (Å²) in [4.78, 5) is 0. The molecule has 1 N–H and O–H groups in total. The van der Waals surface area contributed by atoms with Gasteiger partial charge in [0.15, 0.2) is 0 Å². The first kappa shape index (κ1) is 9.04. The van der Waals surface area contributed by atoms with Gasteiger partial charge in [0, 0.05) is 0 Å². The van der Waals surface area contributed by atoms with Crippen molar-refractivity contribution in [1.82, 2.24) is 0 Å². The van der Waals surface area contributed by atoms with Crippen molar-refractivity contribution in [2.75, 3.05) is 6.67 Å². The van der Waals surface area contributed by atoms with Crippen LogP contribution in [-0.2, 0) is 6.42 Å². The molecule has 1 nitrogen and oxygen atoms in total. The van der Waals surface area contributed by atoms with Crippen LogP contribution in [0.15, 0.2) is 18.2 Å². The van der Waals surface area contributed by atoms with Crippen LogP contribution in [0.2, 0.25) is 0 Å². The molecule has 1 aromatic carbocycles. The summed E-state index contributed by atoms with van der Waals surface area (Å²) >= 11 is 0. The second-order valence-corrected chi connectivity index (χ2v) is 2.91. The molecule has 1 rings (SSSR count). The Kier molecular flexibility index (Phi) is 3.09. The van der Waals surface area contributed by atoms with Gasteiger partial charge in [0.05, 0.1) is 6.67 Å². The molecule has 0 aliphatic carbocycles. The Hall–Kier alpha value is -1.05. The smallest absolute Gasteiger partial charge is 0.118 e. The molecule has 0 spiro atoms. The first-order valence-electron chi connectivity index (χ1n) is 4.08. The zero-order valence-corrected chi connectivity index (χ0v) is 7.18.